The third kappa shape index (κ3) is 2.85. The molecule has 1 N–H and O–H groups in total. The van der Waals surface area contributed by atoms with Gasteiger partial charge in [-0.3, -0.25) is 9.78 Å². The van der Waals surface area contributed by atoms with Gasteiger partial charge in [-0.05, 0) is 37.1 Å². The number of pyridine rings is 1. The molecule has 7 heteroatoms. The Balaban J connectivity index is 1.47. The first-order valence-electron chi connectivity index (χ1n) is 7.93. The Morgan fingerprint density at radius 2 is 2.21 bits per heavy atom. The van der Waals surface area contributed by atoms with Gasteiger partial charge in [0.25, 0.3) is 5.91 Å². The van der Waals surface area contributed by atoms with Crippen molar-refractivity contribution in [1.82, 2.24) is 25.1 Å². The molecule has 1 amide bonds. The summed E-state index contributed by atoms with van der Waals surface area (Å²) in [6.07, 6.45) is 5.73. The third-order valence-corrected chi connectivity index (χ3v) is 4.52. The van der Waals surface area contributed by atoms with E-state index in [4.69, 9.17) is 11.6 Å². The molecule has 0 bridgehead atoms. The van der Waals surface area contributed by atoms with Crippen LogP contribution in [0, 0.1) is 0 Å². The summed E-state index contributed by atoms with van der Waals surface area (Å²) in [5.41, 5.74) is 1.15. The number of aromatic nitrogens is 4. The van der Waals surface area contributed by atoms with Crippen LogP contribution in [0.1, 0.15) is 34.9 Å². The molecule has 6 nitrogen and oxygen atoms in total. The lowest BCUT2D eigenvalue weighted by Gasteiger charge is -2.10. The number of nitrogens with one attached hydrogen (secondary N) is 1. The van der Waals surface area contributed by atoms with Crippen LogP contribution in [0.3, 0.4) is 0 Å². The maximum atomic E-state index is 12.5. The maximum Gasteiger partial charge on any atom is 0.253 e. The van der Waals surface area contributed by atoms with Gasteiger partial charge < -0.3 is 9.88 Å². The van der Waals surface area contributed by atoms with Crippen LogP contribution in [0.15, 0.2) is 36.8 Å². The van der Waals surface area contributed by atoms with Gasteiger partial charge in [0.15, 0.2) is 0 Å². The molecule has 0 aliphatic heterocycles. The van der Waals surface area contributed by atoms with Crippen molar-refractivity contribution >= 4 is 28.4 Å². The molecule has 1 saturated carbocycles. The van der Waals surface area contributed by atoms with E-state index in [2.05, 4.69) is 20.5 Å². The molecule has 3 aromatic rings. The molecule has 1 aliphatic carbocycles. The highest BCUT2D eigenvalue weighted by Gasteiger charge is 2.28. The molecule has 1 aromatic carbocycles. The first-order valence-corrected chi connectivity index (χ1v) is 8.31. The van der Waals surface area contributed by atoms with Crippen LogP contribution >= 0.6 is 11.6 Å². The topological polar surface area (TPSA) is 72.7 Å². The molecule has 2 aromatic heterocycles. The fourth-order valence-corrected chi connectivity index (χ4v) is 3.02. The number of nitrogens with zero attached hydrogens (tertiary/aromatic N) is 4. The molecule has 0 atom stereocenters. The molecule has 2 heterocycles. The highest BCUT2D eigenvalue weighted by atomic mass is 35.5. The van der Waals surface area contributed by atoms with E-state index in [0.717, 1.165) is 11.2 Å². The molecule has 4 rings (SSSR count). The van der Waals surface area contributed by atoms with Gasteiger partial charge in [0, 0.05) is 30.6 Å². The summed E-state index contributed by atoms with van der Waals surface area (Å²) in [5, 5.41) is 12.4. The van der Waals surface area contributed by atoms with E-state index in [0.29, 0.717) is 35.1 Å². The largest absolute Gasteiger partial charge is 0.350 e. The van der Waals surface area contributed by atoms with Crippen molar-refractivity contribution in [3.63, 3.8) is 0 Å². The van der Waals surface area contributed by atoms with Crippen LogP contribution in [0.4, 0.5) is 0 Å². The summed E-state index contributed by atoms with van der Waals surface area (Å²) in [7, 11) is 0. The predicted octanol–water partition coefficient (Wildman–Crippen LogP) is 2.79. The number of benzene rings is 1. The Labute approximate surface area is 143 Å². The maximum absolute atomic E-state index is 12.5. The Hall–Kier alpha value is -2.47. The average Bonchev–Trinajstić information content (AvgIpc) is 3.34. The molecule has 0 radical (unpaired) electrons. The van der Waals surface area contributed by atoms with E-state index in [9.17, 15) is 4.79 Å². The lowest BCUT2D eigenvalue weighted by molar-refractivity contribution is 0.0953. The fraction of sp³-hybridized carbons (Fsp3) is 0.294. The minimum absolute atomic E-state index is 0.156. The Kier molecular flexibility index (Phi) is 3.90. The predicted molar refractivity (Wildman–Crippen MR) is 91.1 cm³/mol. The molecular formula is C17H16ClN5O. The number of hydrogen-bond acceptors (Lipinski definition) is 4. The normalized spacial score (nSPS) is 14.0. The van der Waals surface area contributed by atoms with E-state index in [1.807, 2.05) is 10.6 Å². The van der Waals surface area contributed by atoms with Crippen LogP contribution in [-0.4, -0.2) is 32.2 Å². The van der Waals surface area contributed by atoms with Crippen molar-refractivity contribution in [3.8, 4) is 0 Å². The number of rotatable bonds is 5. The molecule has 122 valence electrons. The van der Waals surface area contributed by atoms with E-state index >= 15 is 0 Å². The van der Waals surface area contributed by atoms with Crippen LogP contribution in [-0.2, 0) is 6.54 Å². The Bertz CT molecular complexity index is 903. The summed E-state index contributed by atoms with van der Waals surface area (Å²) in [5.74, 6) is 1.40. The minimum Gasteiger partial charge on any atom is -0.350 e. The van der Waals surface area contributed by atoms with Crippen molar-refractivity contribution in [1.29, 1.82) is 0 Å². The number of fused-ring (bicyclic) bond motifs is 1. The van der Waals surface area contributed by atoms with Crippen LogP contribution in [0.25, 0.3) is 10.9 Å². The Morgan fingerprint density at radius 1 is 1.33 bits per heavy atom. The number of carbonyl (C=O) groups is 1. The second-order valence-electron chi connectivity index (χ2n) is 5.91. The van der Waals surface area contributed by atoms with Crippen molar-refractivity contribution < 1.29 is 4.79 Å². The van der Waals surface area contributed by atoms with Crippen molar-refractivity contribution in [3.05, 3.63) is 53.2 Å². The smallest absolute Gasteiger partial charge is 0.253 e. The molecule has 0 unspecified atom stereocenters. The summed E-state index contributed by atoms with van der Waals surface area (Å²) < 4.78 is 2.01. The van der Waals surface area contributed by atoms with E-state index in [1.165, 1.54) is 12.8 Å². The lowest BCUT2D eigenvalue weighted by atomic mass is 10.1. The van der Waals surface area contributed by atoms with Crippen LogP contribution in [0.2, 0.25) is 5.02 Å². The number of hydrogen-bond donors (Lipinski definition) is 1. The van der Waals surface area contributed by atoms with Crippen molar-refractivity contribution in [2.45, 2.75) is 25.3 Å². The minimum atomic E-state index is -0.156. The zero-order valence-electron chi connectivity index (χ0n) is 12.9. The standard InChI is InChI=1S/C17H16ClN5O/c18-14-6-5-13(15-12(14)2-1-7-19-15)17(24)20-8-9-23-10-21-22-16(23)11-3-4-11/h1-2,5-7,10-11H,3-4,8-9H2,(H,20,24). The SMILES string of the molecule is O=C(NCCn1cnnc1C1CC1)c1ccc(Cl)c2cccnc12. The van der Waals surface area contributed by atoms with Gasteiger partial charge in [-0.15, -0.1) is 10.2 Å². The van der Waals surface area contributed by atoms with E-state index < -0.39 is 0 Å². The second kappa shape index (κ2) is 6.20. The van der Waals surface area contributed by atoms with Crippen LogP contribution < -0.4 is 5.32 Å². The van der Waals surface area contributed by atoms with Gasteiger partial charge in [-0.25, -0.2) is 0 Å². The molecule has 1 aliphatic rings. The average molecular weight is 342 g/mol. The number of halogens is 1. The number of carbonyl (C=O) groups excluding carboxylic acids is 1. The highest BCUT2D eigenvalue weighted by Crippen LogP contribution is 2.38. The molecular weight excluding hydrogens is 326 g/mol. The summed E-state index contributed by atoms with van der Waals surface area (Å²) in [6.45, 7) is 1.16. The monoisotopic (exact) mass is 341 g/mol. The van der Waals surface area contributed by atoms with Gasteiger partial charge in [0.05, 0.1) is 16.1 Å². The Morgan fingerprint density at radius 3 is 3.04 bits per heavy atom. The zero-order chi connectivity index (χ0) is 16.5. The number of amides is 1. The van der Waals surface area contributed by atoms with Crippen LogP contribution in [0.5, 0.6) is 0 Å². The molecule has 0 spiro atoms. The van der Waals surface area contributed by atoms with Crippen molar-refractivity contribution in [2.75, 3.05) is 6.54 Å². The second-order valence-corrected chi connectivity index (χ2v) is 6.31. The molecule has 1 fully saturated rings. The van der Waals surface area contributed by atoms with Gasteiger partial charge >= 0.3 is 0 Å². The summed E-state index contributed by atoms with van der Waals surface area (Å²) in [4.78, 5) is 16.8. The first kappa shape index (κ1) is 15.1. The zero-order valence-corrected chi connectivity index (χ0v) is 13.7. The highest BCUT2D eigenvalue weighted by molar-refractivity contribution is 6.36. The molecule has 0 saturated heterocycles. The van der Waals surface area contributed by atoms with Gasteiger partial charge in [0.1, 0.15) is 12.2 Å². The van der Waals surface area contributed by atoms with Gasteiger partial charge in [-0.1, -0.05) is 11.6 Å². The summed E-state index contributed by atoms with van der Waals surface area (Å²) in [6, 6.07) is 7.11. The van der Waals surface area contributed by atoms with Gasteiger partial charge in [-0.2, -0.15) is 0 Å². The van der Waals surface area contributed by atoms with Gasteiger partial charge in [0.2, 0.25) is 0 Å². The first-order chi connectivity index (χ1) is 11.7. The lowest BCUT2D eigenvalue weighted by Crippen LogP contribution is -2.27. The van der Waals surface area contributed by atoms with Crippen molar-refractivity contribution in [2.24, 2.45) is 0 Å². The van der Waals surface area contributed by atoms with E-state index in [1.54, 1.807) is 30.7 Å². The third-order valence-electron chi connectivity index (χ3n) is 4.19. The van der Waals surface area contributed by atoms with E-state index in [-0.39, 0.29) is 5.91 Å². The summed E-state index contributed by atoms with van der Waals surface area (Å²) >= 11 is 6.17. The molecule has 24 heavy (non-hydrogen) atoms. The fourth-order valence-electron chi connectivity index (χ4n) is 2.80. The quantitative estimate of drug-likeness (QED) is 0.774.